The van der Waals surface area contributed by atoms with E-state index in [1.54, 1.807) is 54.0 Å². The van der Waals surface area contributed by atoms with Crippen molar-refractivity contribution in [2.45, 2.75) is 23.9 Å². The summed E-state index contributed by atoms with van der Waals surface area (Å²) in [6, 6.07) is 16.7. The molecule has 35 heavy (non-hydrogen) atoms. The zero-order valence-corrected chi connectivity index (χ0v) is 20.0. The van der Waals surface area contributed by atoms with Crippen molar-refractivity contribution in [2.75, 3.05) is 6.54 Å². The number of benzene rings is 3. The predicted molar refractivity (Wildman–Crippen MR) is 129 cm³/mol. The first kappa shape index (κ1) is 24.6. The Morgan fingerprint density at radius 2 is 1.71 bits per heavy atom. The van der Waals surface area contributed by atoms with Crippen LogP contribution in [0.15, 0.2) is 71.9 Å². The van der Waals surface area contributed by atoms with Gasteiger partial charge in [-0.2, -0.15) is 0 Å². The largest absolute Gasteiger partial charge is 0.487 e. The van der Waals surface area contributed by atoms with Crippen molar-refractivity contribution in [1.29, 1.82) is 0 Å². The minimum atomic E-state index is -0.628. The number of aromatic nitrogens is 3. The van der Waals surface area contributed by atoms with Gasteiger partial charge in [-0.15, -0.1) is 10.2 Å². The average Bonchev–Trinajstić information content (AvgIpc) is 3.19. The second-order valence-corrected chi connectivity index (χ2v) is 9.15. The van der Waals surface area contributed by atoms with Crippen LogP contribution in [0.2, 0.25) is 5.02 Å². The minimum absolute atomic E-state index is 0.187. The third kappa shape index (κ3) is 6.14. The van der Waals surface area contributed by atoms with Gasteiger partial charge in [0.15, 0.2) is 5.16 Å². The van der Waals surface area contributed by atoms with Gasteiger partial charge in [0.1, 0.15) is 35.1 Å². The van der Waals surface area contributed by atoms with Crippen LogP contribution >= 0.6 is 23.4 Å². The van der Waals surface area contributed by atoms with Crippen molar-refractivity contribution in [2.24, 2.45) is 0 Å². The van der Waals surface area contributed by atoms with Crippen LogP contribution in [0.1, 0.15) is 22.2 Å². The molecule has 0 aliphatic rings. The molecule has 0 bridgehead atoms. The second-order valence-electron chi connectivity index (χ2n) is 7.57. The van der Waals surface area contributed by atoms with E-state index in [4.69, 9.17) is 16.3 Å². The summed E-state index contributed by atoms with van der Waals surface area (Å²) in [6.07, 6.45) is 0. The maximum absolute atomic E-state index is 13.4. The number of nitrogens with zero attached hydrogens (tertiary/aromatic N) is 4. The first-order valence-corrected chi connectivity index (χ1v) is 11.7. The van der Waals surface area contributed by atoms with E-state index in [1.807, 2.05) is 0 Å². The van der Waals surface area contributed by atoms with E-state index in [0.717, 1.165) is 17.3 Å². The van der Waals surface area contributed by atoms with E-state index in [9.17, 15) is 18.9 Å². The highest BCUT2D eigenvalue weighted by Crippen LogP contribution is 2.38. The minimum Gasteiger partial charge on any atom is -0.487 e. The molecule has 0 amide bonds. The summed E-state index contributed by atoms with van der Waals surface area (Å²) in [4.78, 5) is 11.0. The molecule has 0 N–H and O–H groups in total. The van der Waals surface area contributed by atoms with E-state index < -0.39 is 10.2 Å². The number of thioether (sulfide) groups is 1. The van der Waals surface area contributed by atoms with E-state index in [-0.39, 0.29) is 29.8 Å². The number of halogens is 3. The summed E-state index contributed by atoms with van der Waals surface area (Å²) in [6.45, 7) is 1.55. The normalized spacial score (nSPS) is 11.9. The van der Waals surface area contributed by atoms with E-state index >= 15 is 0 Å². The van der Waals surface area contributed by atoms with Gasteiger partial charge in [0.25, 0.3) is 0 Å². The quantitative estimate of drug-likeness (QED) is 0.150. The lowest BCUT2D eigenvalue weighted by Crippen LogP contribution is -2.11. The molecule has 1 aromatic heterocycles. The fourth-order valence-corrected chi connectivity index (χ4v) is 4.76. The molecule has 1 atom stereocenters. The van der Waals surface area contributed by atoms with Crippen molar-refractivity contribution in [3.63, 3.8) is 0 Å². The zero-order chi connectivity index (χ0) is 24.9. The molecule has 0 saturated carbocycles. The van der Waals surface area contributed by atoms with E-state index in [1.165, 1.54) is 24.3 Å². The first-order chi connectivity index (χ1) is 16.8. The third-order valence-corrected chi connectivity index (χ3v) is 6.55. The topological polar surface area (TPSA) is 83.1 Å². The highest BCUT2D eigenvalue weighted by atomic mass is 35.5. The molecule has 0 radical (unpaired) electrons. The molecule has 3 aromatic carbocycles. The van der Waals surface area contributed by atoms with E-state index in [2.05, 4.69) is 10.2 Å². The number of nitro groups is 1. The molecule has 0 saturated heterocycles. The zero-order valence-electron chi connectivity index (χ0n) is 18.4. The maximum Gasteiger partial charge on any atom is 0.220 e. The Kier molecular flexibility index (Phi) is 7.62. The molecule has 7 nitrogen and oxygen atoms in total. The van der Waals surface area contributed by atoms with Gasteiger partial charge in [-0.25, -0.2) is 8.78 Å². The Morgan fingerprint density at radius 3 is 2.34 bits per heavy atom. The van der Waals surface area contributed by atoms with Crippen LogP contribution in [0.5, 0.6) is 5.75 Å². The number of aryl methyl sites for hydroxylation is 1. The maximum atomic E-state index is 13.4. The lowest BCUT2D eigenvalue weighted by atomic mass is 10.1. The highest BCUT2D eigenvalue weighted by Gasteiger charge is 2.24. The van der Waals surface area contributed by atoms with Gasteiger partial charge in [0.05, 0.1) is 5.02 Å². The molecule has 4 aromatic rings. The fourth-order valence-electron chi connectivity index (χ4n) is 3.36. The SMILES string of the molecule is Cc1nnc(S[C@H](C[N+](=O)[O-])c2ccc(OCc3ccc(F)cc3)c(Cl)c2)n1-c1ccc(F)cc1. The van der Waals surface area contributed by atoms with Crippen molar-refractivity contribution < 1.29 is 18.4 Å². The molecule has 0 aliphatic heterocycles. The predicted octanol–water partition coefficient (Wildman–Crippen LogP) is 6.20. The molecule has 11 heteroatoms. The molecule has 0 unspecified atom stereocenters. The molecule has 0 fully saturated rings. The van der Waals surface area contributed by atoms with Crippen LogP contribution in [0.3, 0.4) is 0 Å². The Labute approximate surface area is 208 Å². The van der Waals surface area contributed by atoms with Gasteiger partial charge in [-0.1, -0.05) is 41.6 Å². The lowest BCUT2D eigenvalue weighted by molar-refractivity contribution is -0.479. The molecule has 4 rings (SSSR count). The van der Waals surface area contributed by atoms with Crippen LogP contribution in [0.4, 0.5) is 8.78 Å². The molecule has 0 aliphatic carbocycles. The summed E-state index contributed by atoms with van der Waals surface area (Å²) in [7, 11) is 0. The number of rotatable bonds is 9. The summed E-state index contributed by atoms with van der Waals surface area (Å²) in [5, 5.41) is 19.8. The van der Waals surface area contributed by atoms with Crippen LogP contribution in [-0.4, -0.2) is 26.2 Å². The Balaban J connectivity index is 1.56. The van der Waals surface area contributed by atoms with Gasteiger partial charge in [-0.3, -0.25) is 14.7 Å². The van der Waals surface area contributed by atoms with Crippen molar-refractivity contribution in [3.05, 3.63) is 110 Å². The molecular formula is C24H19ClF2N4O3S. The summed E-state index contributed by atoms with van der Waals surface area (Å²) in [5.74, 6) is 0.240. The monoisotopic (exact) mass is 516 g/mol. The molecular weight excluding hydrogens is 498 g/mol. The first-order valence-electron chi connectivity index (χ1n) is 10.4. The van der Waals surface area contributed by atoms with Gasteiger partial charge in [0, 0.05) is 10.6 Å². The van der Waals surface area contributed by atoms with Crippen LogP contribution in [-0.2, 0) is 6.61 Å². The van der Waals surface area contributed by atoms with Crippen molar-refractivity contribution in [1.82, 2.24) is 14.8 Å². The average molecular weight is 517 g/mol. The summed E-state index contributed by atoms with van der Waals surface area (Å²) in [5.41, 5.74) is 2.01. The van der Waals surface area contributed by atoms with Crippen LogP contribution in [0.25, 0.3) is 5.69 Å². The standard InChI is InChI=1S/C24H19ClF2N4O3S/c1-15-28-29-24(31(15)20-9-7-19(27)8-10-20)35-23(13-30(32)33)17-4-11-22(21(25)12-17)34-14-16-2-5-18(26)6-3-16/h2-12,23H,13-14H2,1H3/t23-/m1/s1. The van der Waals surface area contributed by atoms with Crippen molar-refractivity contribution in [3.8, 4) is 11.4 Å². The molecule has 180 valence electrons. The van der Waals surface area contributed by atoms with Crippen LogP contribution in [0, 0.1) is 28.7 Å². The summed E-state index contributed by atoms with van der Waals surface area (Å²) >= 11 is 7.58. The van der Waals surface area contributed by atoms with Gasteiger partial charge < -0.3 is 4.74 Å². The van der Waals surface area contributed by atoms with Gasteiger partial charge >= 0.3 is 0 Å². The fraction of sp³-hybridized carbons (Fsp3) is 0.167. The Hall–Kier alpha value is -3.50. The number of hydrogen-bond acceptors (Lipinski definition) is 6. The van der Waals surface area contributed by atoms with Gasteiger partial charge in [0.2, 0.25) is 6.54 Å². The van der Waals surface area contributed by atoms with Crippen LogP contribution < -0.4 is 4.74 Å². The third-order valence-electron chi connectivity index (χ3n) is 5.08. The Bertz CT molecular complexity index is 1330. The number of ether oxygens (including phenoxy) is 1. The summed E-state index contributed by atoms with van der Waals surface area (Å²) < 4.78 is 33.9. The smallest absolute Gasteiger partial charge is 0.220 e. The lowest BCUT2D eigenvalue weighted by Gasteiger charge is -2.16. The second kappa shape index (κ2) is 10.8. The highest BCUT2D eigenvalue weighted by molar-refractivity contribution is 7.99. The Morgan fingerprint density at radius 1 is 1.06 bits per heavy atom. The number of hydrogen-bond donors (Lipinski definition) is 0. The van der Waals surface area contributed by atoms with Gasteiger partial charge in [-0.05, 0) is 66.6 Å². The van der Waals surface area contributed by atoms with E-state index in [0.29, 0.717) is 28.0 Å². The molecule has 0 spiro atoms. The molecule has 1 heterocycles. The van der Waals surface area contributed by atoms with Crippen molar-refractivity contribution >= 4 is 23.4 Å².